The van der Waals surface area contributed by atoms with Crippen LogP contribution in [-0.4, -0.2) is 20.6 Å². The minimum absolute atomic E-state index is 0.0226. The Kier molecular flexibility index (Phi) is 5.61. The molecule has 0 spiro atoms. The molecule has 0 aliphatic carbocycles. The van der Waals surface area contributed by atoms with Gasteiger partial charge in [-0.15, -0.1) is 0 Å². The molecule has 1 heterocycles. The molecule has 2 rings (SSSR count). The van der Waals surface area contributed by atoms with E-state index in [0.29, 0.717) is 0 Å². The molecule has 28 heavy (non-hydrogen) atoms. The Hall–Kier alpha value is -3.19. The lowest BCUT2D eigenvalue weighted by atomic mass is 10.1. The standard InChI is InChI=1S/C14H9F7N4O3/c1-5-6(25(27)28)4-24(23-5)3-2-7(26)22-13-11(17)9(15)8(14(19,20)21)10(16)12(13)18/h4H,2-3H2,1H3,(H,22,26). The zero-order chi connectivity index (χ0) is 21.4. The Labute approximate surface area is 150 Å². The van der Waals surface area contributed by atoms with Crippen molar-refractivity contribution >= 4 is 17.3 Å². The summed E-state index contributed by atoms with van der Waals surface area (Å²) in [5.74, 6) is -11.5. The van der Waals surface area contributed by atoms with Gasteiger partial charge in [-0.3, -0.25) is 19.6 Å². The number of carbonyl (C=O) groups is 1. The summed E-state index contributed by atoms with van der Waals surface area (Å²) >= 11 is 0. The van der Waals surface area contributed by atoms with Crippen molar-refractivity contribution in [2.45, 2.75) is 26.1 Å². The smallest absolute Gasteiger partial charge is 0.321 e. The average molecular weight is 414 g/mol. The van der Waals surface area contributed by atoms with E-state index < -0.39 is 57.9 Å². The maximum absolute atomic E-state index is 13.7. The summed E-state index contributed by atoms with van der Waals surface area (Å²) in [4.78, 5) is 21.7. The number of aryl methyl sites for hydroxylation is 2. The number of alkyl halides is 3. The normalized spacial score (nSPS) is 11.6. The Morgan fingerprint density at radius 2 is 1.71 bits per heavy atom. The van der Waals surface area contributed by atoms with Gasteiger partial charge in [0.15, 0.2) is 23.3 Å². The summed E-state index contributed by atoms with van der Waals surface area (Å²) in [6, 6.07) is 0. The first-order valence-electron chi connectivity index (χ1n) is 7.26. The van der Waals surface area contributed by atoms with E-state index in [0.717, 1.165) is 10.9 Å². The maximum atomic E-state index is 13.7. The van der Waals surface area contributed by atoms with Gasteiger partial charge < -0.3 is 5.32 Å². The highest BCUT2D eigenvalue weighted by molar-refractivity contribution is 5.91. The van der Waals surface area contributed by atoms with E-state index in [9.17, 15) is 45.6 Å². The molecule has 0 fully saturated rings. The number of benzene rings is 1. The number of rotatable bonds is 5. The molecule has 14 heteroatoms. The van der Waals surface area contributed by atoms with E-state index in [2.05, 4.69) is 5.10 Å². The van der Waals surface area contributed by atoms with E-state index in [1.807, 2.05) is 0 Å². The number of nitro groups is 1. The molecule has 2 aromatic rings. The lowest BCUT2D eigenvalue weighted by molar-refractivity contribution is -0.385. The Balaban J connectivity index is 2.20. The minimum atomic E-state index is -5.70. The molecule has 1 aromatic carbocycles. The Morgan fingerprint density at radius 3 is 2.14 bits per heavy atom. The van der Waals surface area contributed by atoms with E-state index in [4.69, 9.17) is 0 Å². The van der Waals surface area contributed by atoms with Gasteiger partial charge in [0.25, 0.3) is 0 Å². The van der Waals surface area contributed by atoms with E-state index in [-0.39, 0.29) is 17.9 Å². The second-order valence-corrected chi connectivity index (χ2v) is 5.42. The van der Waals surface area contributed by atoms with Crippen molar-refractivity contribution < 1.29 is 40.5 Å². The average Bonchev–Trinajstić information content (AvgIpc) is 2.95. The molecule has 0 aliphatic heterocycles. The molecule has 0 bridgehead atoms. The SMILES string of the molecule is Cc1nn(CCC(=O)Nc2c(F)c(F)c(C(F)(F)F)c(F)c2F)cc1[N+](=O)[O-]. The number of amides is 1. The topological polar surface area (TPSA) is 90.1 Å². The lowest BCUT2D eigenvalue weighted by Crippen LogP contribution is -2.21. The van der Waals surface area contributed by atoms with Crippen LogP contribution in [0.3, 0.4) is 0 Å². The largest absolute Gasteiger partial charge is 0.422 e. The summed E-state index contributed by atoms with van der Waals surface area (Å²) in [5.41, 5.74) is -4.82. The summed E-state index contributed by atoms with van der Waals surface area (Å²) in [5, 5.41) is 15.8. The second-order valence-electron chi connectivity index (χ2n) is 5.42. The predicted molar refractivity (Wildman–Crippen MR) is 78.1 cm³/mol. The summed E-state index contributed by atoms with van der Waals surface area (Å²) in [6.45, 7) is 0.989. The molecule has 1 aromatic heterocycles. The zero-order valence-corrected chi connectivity index (χ0v) is 13.7. The highest BCUT2D eigenvalue weighted by Crippen LogP contribution is 2.38. The van der Waals surface area contributed by atoms with Crippen LogP contribution >= 0.6 is 0 Å². The fourth-order valence-corrected chi connectivity index (χ4v) is 2.21. The summed E-state index contributed by atoms with van der Waals surface area (Å²) in [7, 11) is 0. The van der Waals surface area contributed by atoms with Gasteiger partial charge in [0.05, 0.1) is 4.92 Å². The molecule has 0 saturated carbocycles. The van der Waals surface area contributed by atoms with Gasteiger partial charge >= 0.3 is 11.9 Å². The molecule has 0 atom stereocenters. The summed E-state index contributed by atoms with van der Waals surface area (Å²) in [6.07, 6.45) is -5.34. The number of hydrogen-bond donors (Lipinski definition) is 1. The van der Waals surface area contributed by atoms with Crippen molar-refractivity contribution in [1.82, 2.24) is 9.78 Å². The third kappa shape index (κ3) is 4.04. The van der Waals surface area contributed by atoms with Crippen molar-refractivity contribution in [1.29, 1.82) is 0 Å². The van der Waals surface area contributed by atoms with E-state index in [1.165, 1.54) is 12.2 Å². The lowest BCUT2D eigenvalue weighted by Gasteiger charge is -2.14. The number of nitrogens with one attached hydrogen (secondary N) is 1. The number of hydrogen-bond acceptors (Lipinski definition) is 4. The third-order valence-electron chi connectivity index (χ3n) is 3.50. The predicted octanol–water partition coefficient (Wildman–Crippen LogP) is 3.70. The maximum Gasteiger partial charge on any atom is 0.422 e. The van der Waals surface area contributed by atoms with Crippen LogP contribution in [0.25, 0.3) is 0 Å². The number of anilines is 1. The highest BCUT2D eigenvalue weighted by atomic mass is 19.4. The second kappa shape index (κ2) is 7.44. The molecular formula is C14H9F7N4O3. The van der Waals surface area contributed by atoms with Gasteiger partial charge in [-0.2, -0.15) is 18.3 Å². The van der Waals surface area contributed by atoms with Gasteiger partial charge in [-0.05, 0) is 6.92 Å². The first-order valence-corrected chi connectivity index (χ1v) is 7.26. The zero-order valence-electron chi connectivity index (χ0n) is 13.7. The molecule has 0 radical (unpaired) electrons. The van der Waals surface area contributed by atoms with E-state index in [1.54, 1.807) is 0 Å². The fourth-order valence-electron chi connectivity index (χ4n) is 2.21. The molecule has 0 aliphatic rings. The Bertz CT molecular complexity index is 926. The minimum Gasteiger partial charge on any atom is -0.321 e. The molecular weight excluding hydrogens is 405 g/mol. The van der Waals surface area contributed by atoms with E-state index >= 15 is 0 Å². The quantitative estimate of drug-likeness (QED) is 0.350. The van der Waals surface area contributed by atoms with Crippen molar-refractivity contribution in [2.75, 3.05) is 5.32 Å². The molecule has 7 nitrogen and oxygen atoms in total. The number of halogens is 7. The van der Waals surface area contributed by atoms with Crippen LogP contribution in [0, 0.1) is 40.3 Å². The van der Waals surface area contributed by atoms with Gasteiger partial charge in [-0.25, -0.2) is 17.6 Å². The summed E-state index contributed by atoms with van der Waals surface area (Å²) < 4.78 is 92.9. The van der Waals surface area contributed by atoms with Crippen molar-refractivity contribution in [3.05, 3.63) is 50.8 Å². The van der Waals surface area contributed by atoms with Crippen molar-refractivity contribution in [3.8, 4) is 0 Å². The molecule has 0 saturated heterocycles. The van der Waals surface area contributed by atoms with Crippen LogP contribution in [0.4, 0.5) is 42.1 Å². The molecule has 0 unspecified atom stereocenters. The number of carbonyl (C=O) groups excluding carboxylic acids is 1. The van der Waals surface area contributed by atoms with Crippen LogP contribution in [0.2, 0.25) is 0 Å². The Morgan fingerprint density at radius 1 is 1.18 bits per heavy atom. The van der Waals surface area contributed by atoms with Gasteiger partial charge in [0.2, 0.25) is 5.91 Å². The highest BCUT2D eigenvalue weighted by Gasteiger charge is 2.42. The molecule has 1 amide bonds. The molecule has 152 valence electrons. The van der Waals surface area contributed by atoms with Gasteiger partial charge in [0.1, 0.15) is 23.1 Å². The van der Waals surface area contributed by atoms with Gasteiger partial charge in [-0.1, -0.05) is 0 Å². The van der Waals surface area contributed by atoms with Crippen LogP contribution in [0.15, 0.2) is 6.20 Å². The van der Waals surface area contributed by atoms with Crippen molar-refractivity contribution in [3.63, 3.8) is 0 Å². The third-order valence-corrected chi connectivity index (χ3v) is 3.50. The van der Waals surface area contributed by atoms with Crippen LogP contribution < -0.4 is 5.32 Å². The van der Waals surface area contributed by atoms with Gasteiger partial charge in [0, 0.05) is 13.0 Å². The first-order chi connectivity index (χ1) is 12.8. The van der Waals surface area contributed by atoms with Crippen LogP contribution in [0.5, 0.6) is 0 Å². The van der Waals surface area contributed by atoms with Crippen molar-refractivity contribution in [2.24, 2.45) is 0 Å². The fraction of sp³-hybridized carbons (Fsp3) is 0.286. The first kappa shape index (κ1) is 21.1. The monoisotopic (exact) mass is 414 g/mol. The van der Waals surface area contributed by atoms with Crippen LogP contribution in [0.1, 0.15) is 17.7 Å². The molecule has 1 N–H and O–H groups in total. The van der Waals surface area contributed by atoms with Crippen LogP contribution in [-0.2, 0) is 17.5 Å². The number of nitrogens with zero attached hydrogens (tertiary/aromatic N) is 3. The number of aromatic nitrogens is 2.